The van der Waals surface area contributed by atoms with E-state index in [1.165, 1.54) is 30.6 Å². The van der Waals surface area contributed by atoms with Crippen LogP contribution in [0, 0.1) is 0 Å². The summed E-state index contributed by atoms with van der Waals surface area (Å²) < 4.78 is 63.3. The second kappa shape index (κ2) is 15.8. The van der Waals surface area contributed by atoms with Gasteiger partial charge in [0.1, 0.15) is 17.9 Å². The van der Waals surface area contributed by atoms with Crippen LogP contribution < -0.4 is 9.99 Å². The van der Waals surface area contributed by atoms with Gasteiger partial charge in [-0.15, -0.1) is 11.3 Å². The number of hydrogen-bond donors (Lipinski definition) is 0. The highest BCUT2D eigenvalue weighted by atomic mass is 32.2. The van der Waals surface area contributed by atoms with Crippen molar-refractivity contribution >= 4 is 46.9 Å². The van der Waals surface area contributed by atoms with Crippen LogP contribution in [0.5, 0.6) is 5.75 Å². The van der Waals surface area contributed by atoms with Crippen molar-refractivity contribution in [3.05, 3.63) is 77.9 Å². The summed E-state index contributed by atoms with van der Waals surface area (Å²) in [7, 11) is -6.91. The minimum absolute atomic E-state index is 0.0571. The summed E-state index contributed by atoms with van der Waals surface area (Å²) in [5.41, 5.74) is 1.76. The molecule has 252 valence electrons. The molecule has 5 rings (SSSR count). The molecule has 1 fully saturated rings. The van der Waals surface area contributed by atoms with Crippen LogP contribution in [0.1, 0.15) is 74.5 Å². The first kappa shape index (κ1) is 35.1. The number of ether oxygens (including phenoxy) is 1. The Morgan fingerprint density at radius 2 is 1.45 bits per heavy atom. The first-order valence-electron chi connectivity index (χ1n) is 16.4. The van der Waals surface area contributed by atoms with Crippen molar-refractivity contribution in [3.63, 3.8) is 0 Å². The fourth-order valence-corrected chi connectivity index (χ4v) is 10.1. The summed E-state index contributed by atoms with van der Waals surface area (Å²) in [5.74, 6) is 0.911. The first-order chi connectivity index (χ1) is 22.7. The van der Waals surface area contributed by atoms with Crippen molar-refractivity contribution in [2.75, 3.05) is 37.7 Å². The highest BCUT2D eigenvalue weighted by Crippen LogP contribution is 2.41. The number of piperidine rings is 1. The second-order valence-electron chi connectivity index (χ2n) is 12.0. The Bertz CT molecular complexity index is 1890. The number of benzene rings is 3. The summed E-state index contributed by atoms with van der Waals surface area (Å²) in [5, 5.41) is 13.1. The van der Waals surface area contributed by atoms with Crippen LogP contribution in [0.2, 0.25) is 0 Å². The average Bonchev–Trinajstić information content (AvgIpc) is 3.46. The molecular formula is C36H43NO7S3. The van der Waals surface area contributed by atoms with Crippen LogP contribution >= 0.6 is 11.3 Å². The van der Waals surface area contributed by atoms with E-state index in [9.17, 15) is 22.1 Å². The Labute approximate surface area is 282 Å². The van der Waals surface area contributed by atoms with Gasteiger partial charge in [-0.2, -0.15) is 4.58 Å². The Morgan fingerprint density at radius 3 is 2.06 bits per heavy atom. The summed E-state index contributed by atoms with van der Waals surface area (Å²) in [6.45, 7) is 7.53. The van der Waals surface area contributed by atoms with Gasteiger partial charge in [-0.1, -0.05) is 51.3 Å². The van der Waals surface area contributed by atoms with Gasteiger partial charge in [-0.25, -0.2) is 16.8 Å². The van der Waals surface area contributed by atoms with Gasteiger partial charge in [0, 0.05) is 16.6 Å². The quantitative estimate of drug-likeness (QED) is 0.0594. The SMILES string of the molecule is CCCCS(=O)(=O)c1ccc(-c2sc3cc(S(=O)(=O)CCCC)ccc3c2C(=[O+][O-])c2ccc(OCCN3CCCCC3)cc2)cc1. The third kappa shape index (κ3) is 8.43. The van der Waals surface area contributed by atoms with Crippen LogP contribution in [-0.2, 0) is 19.7 Å². The number of carbonyl (C=O) groups excluding carboxylic acids is 1. The molecule has 47 heavy (non-hydrogen) atoms. The molecule has 11 heteroatoms. The topological polar surface area (TPSA) is 115 Å². The van der Waals surface area contributed by atoms with Crippen molar-refractivity contribution in [1.82, 2.24) is 4.90 Å². The Balaban J connectivity index is 1.51. The molecule has 1 aromatic heterocycles. The molecule has 0 saturated carbocycles. The smallest absolute Gasteiger partial charge is 0.392 e. The van der Waals surface area contributed by atoms with E-state index in [-0.39, 0.29) is 27.1 Å². The van der Waals surface area contributed by atoms with Crippen LogP contribution in [0.3, 0.4) is 0 Å². The molecule has 0 unspecified atom stereocenters. The number of sulfone groups is 2. The molecule has 2 heterocycles. The number of ketones is 1. The zero-order valence-corrected chi connectivity index (χ0v) is 29.5. The number of nitrogens with zero attached hydrogens (tertiary/aromatic N) is 1. The summed E-state index contributed by atoms with van der Waals surface area (Å²) in [6.07, 6.45) is 6.41. The summed E-state index contributed by atoms with van der Waals surface area (Å²) in [6, 6.07) is 18.8. The third-order valence-electron chi connectivity index (χ3n) is 8.58. The van der Waals surface area contributed by atoms with Gasteiger partial charge in [-0.05, 0) is 92.9 Å². The molecule has 0 radical (unpaired) electrons. The Hall–Kier alpha value is -3.25. The summed E-state index contributed by atoms with van der Waals surface area (Å²) >= 11 is 1.34. The molecule has 0 N–H and O–H groups in total. The standard InChI is InChI=1S/C36H43NO7S3/c1-3-5-24-46(39,40)30-16-12-28(13-17-30)36-34(32-19-18-31(26-33(32)45-36)47(41,42)25-6-4-2)35(44-38)27-10-14-29(15-11-27)43-23-22-37-20-8-7-9-21-37/h10-19,26H,3-9,20-25H2,1-2H3. The van der Waals surface area contributed by atoms with Crippen LogP contribution in [0.25, 0.3) is 20.5 Å². The lowest BCUT2D eigenvalue weighted by Gasteiger charge is -2.26. The van der Waals surface area contributed by atoms with E-state index in [0.29, 0.717) is 56.9 Å². The fraction of sp³-hybridized carbons (Fsp3) is 0.417. The first-order valence-corrected chi connectivity index (χ1v) is 20.5. The molecule has 0 spiro atoms. The molecule has 0 atom stereocenters. The van der Waals surface area contributed by atoms with Gasteiger partial charge in [0.15, 0.2) is 19.7 Å². The molecule has 0 bridgehead atoms. The molecule has 1 aliphatic rings. The molecule has 0 aliphatic carbocycles. The number of fused-ring (bicyclic) bond motifs is 1. The Morgan fingerprint density at radius 1 is 0.830 bits per heavy atom. The largest absolute Gasteiger partial charge is 0.492 e. The van der Waals surface area contributed by atoms with Gasteiger partial charge in [0.25, 0.3) is 0 Å². The van der Waals surface area contributed by atoms with E-state index in [4.69, 9.17) is 9.31 Å². The minimum Gasteiger partial charge on any atom is -0.492 e. The average molecular weight is 698 g/mol. The van der Waals surface area contributed by atoms with E-state index in [2.05, 4.69) is 4.90 Å². The van der Waals surface area contributed by atoms with Crippen molar-refractivity contribution in [2.45, 2.75) is 68.6 Å². The number of hydrogen-bond acceptors (Lipinski definition) is 8. The van der Waals surface area contributed by atoms with Crippen LogP contribution in [0.4, 0.5) is 0 Å². The zero-order chi connectivity index (χ0) is 33.4. The normalized spacial score (nSPS) is 14.9. The predicted molar refractivity (Wildman–Crippen MR) is 187 cm³/mol. The van der Waals surface area contributed by atoms with E-state index in [0.717, 1.165) is 32.5 Å². The van der Waals surface area contributed by atoms with Crippen molar-refractivity contribution in [2.24, 2.45) is 0 Å². The highest BCUT2D eigenvalue weighted by molar-refractivity contribution is 7.91. The van der Waals surface area contributed by atoms with Gasteiger partial charge in [-0.3, -0.25) is 4.90 Å². The molecule has 1 saturated heterocycles. The predicted octanol–water partition coefficient (Wildman–Crippen LogP) is 6.62. The van der Waals surface area contributed by atoms with Gasteiger partial charge in [0.05, 0.1) is 31.7 Å². The number of likely N-dealkylation sites (tertiary alicyclic amines) is 1. The van der Waals surface area contributed by atoms with Crippen LogP contribution in [0.15, 0.2) is 76.5 Å². The molecule has 1 aliphatic heterocycles. The number of unbranched alkanes of at least 4 members (excludes halogenated alkanes) is 2. The van der Waals surface area contributed by atoms with Crippen molar-refractivity contribution in [1.29, 1.82) is 0 Å². The maximum Gasteiger partial charge on any atom is 0.392 e. The van der Waals surface area contributed by atoms with Crippen LogP contribution in [-0.4, -0.2) is 65.3 Å². The van der Waals surface area contributed by atoms with E-state index >= 15 is 0 Å². The molecule has 0 amide bonds. The lowest BCUT2D eigenvalue weighted by molar-refractivity contribution is -0.937. The highest BCUT2D eigenvalue weighted by Gasteiger charge is 2.29. The second-order valence-corrected chi connectivity index (χ2v) is 17.3. The fourth-order valence-electron chi connectivity index (χ4n) is 5.83. The minimum atomic E-state index is -3.49. The molecular weight excluding hydrogens is 655 g/mol. The zero-order valence-electron chi connectivity index (χ0n) is 27.1. The molecule has 3 aromatic carbocycles. The number of thiophene rings is 1. The Kier molecular flexibility index (Phi) is 11.8. The lowest BCUT2D eigenvalue weighted by Crippen LogP contribution is -2.33. The van der Waals surface area contributed by atoms with Crippen molar-refractivity contribution < 1.29 is 31.4 Å². The maximum absolute atomic E-state index is 13.1. The van der Waals surface area contributed by atoms with E-state index in [1.807, 2.05) is 26.0 Å². The third-order valence-corrected chi connectivity index (χ3v) is 13.4. The van der Waals surface area contributed by atoms with Crippen molar-refractivity contribution in [3.8, 4) is 16.2 Å². The van der Waals surface area contributed by atoms with Gasteiger partial charge >= 0.3 is 5.78 Å². The molecule has 8 nitrogen and oxygen atoms in total. The van der Waals surface area contributed by atoms with E-state index < -0.39 is 19.7 Å². The lowest BCUT2D eigenvalue weighted by atomic mass is 9.97. The maximum atomic E-state index is 13.1. The summed E-state index contributed by atoms with van der Waals surface area (Å²) in [4.78, 5) is 3.55. The van der Waals surface area contributed by atoms with Gasteiger partial charge < -0.3 is 9.99 Å². The van der Waals surface area contributed by atoms with Gasteiger partial charge in [0.2, 0.25) is 0 Å². The number of rotatable bonds is 15. The van der Waals surface area contributed by atoms with E-state index in [1.54, 1.807) is 54.6 Å². The molecule has 4 aromatic rings. The monoisotopic (exact) mass is 697 g/mol.